The Morgan fingerprint density at radius 2 is 1.85 bits per heavy atom. The number of rotatable bonds is 5. The molecule has 1 aromatic heterocycles. The molecular formula is C23H33N5O4S. The average Bonchev–Trinajstić information content (AvgIpc) is 3.35. The van der Waals surface area contributed by atoms with E-state index < -0.39 is 11.2 Å². The van der Waals surface area contributed by atoms with E-state index >= 15 is 0 Å². The summed E-state index contributed by atoms with van der Waals surface area (Å²) in [6.45, 7) is 10.5. The smallest absolute Gasteiger partial charge is 0.269 e. The van der Waals surface area contributed by atoms with Gasteiger partial charge in [0, 0.05) is 14.1 Å². The second-order valence-corrected chi connectivity index (χ2v) is 8.98. The summed E-state index contributed by atoms with van der Waals surface area (Å²) in [4.78, 5) is 13.8. The minimum absolute atomic E-state index is 0.188. The van der Waals surface area contributed by atoms with Gasteiger partial charge in [0.05, 0.1) is 24.1 Å². The van der Waals surface area contributed by atoms with Crippen molar-refractivity contribution >= 4 is 34.4 Å². The van der Waals surface area contributed by atoms with Crippen LogP contribution in [0.15, 0.2) is 37.7 Å². The number of nitrogens with zero attached hydrogens (tertiary/aromatic N) is 3. The summed E-state index contributed by atoms with van der Waals surface area (Å²) >= 11 is -1.79. The van der Waals surface area contributed by atoms with E-state index in [1.54, 1.807) is 39.4 Å². The first kappa shape index (κ1) is 26.1. The van der Waals surface area contributed by atoms with Crippen LogP contribution in [0.2, 0.25) is 0 Å². The van der Waals surface area contributed by atoms with Gasteiger partial charge in [-0.05, 0) is 36.1 Å². The Balaban J connectivity index is 0.00000122. The highest BCUT2D eigenvalue weighted by Crippen LogP contribution is 2.31. The molecule has 1 amide bonds. The van der Waals surface area contributed by atoms with Gasteiger partial charge < -0.3 is 25.1 Å². The van der Waals surface area contributed by atoms with Gasteiger partial charge in [0.15, 0.2) is 17.4 Å². The Labute approximate surface area is 197 Å². The van der Waals surface area contributed by atoms with Gasteiger partial charge in [0.1, 0.15) is 5.76 Å². The number of amides is 1. The van der Waals surface area contributed by atoms with Crippen molar-refractivity contribution in [3.8, 4) is 5.75 Å². The van der Waals surface area contributed by atoms with Crippen molar-refractivity contribution in [3.05, 3.63) is 46.9 Å². The molecule has 1 aromatic carbocycles. The van der Waals surface area contributed by atoms with Gasteiger partial charge >= 0.3 is 0 Å². The van der Waals surface area contributed by atoms with Crippen LogP contribution in [-0.2, 0) is 17.7 Å². The molecule has 33 heavy (non-hydrogen) atoms. The van der Waals surface area contributed by atoms with Crippen LogP contribution in [0.25, 0.3) is 0 Å². The Hall–Kier alpha value is -3.14. The lowest BCUT2D eigenvalue weighted by Crippen LogP contribution is -2.33. The molecule has 0 saturated heterocycles. The fraction of sp³-hybridized carbons (Fsp3) is 0.435. The molecular weight excluding hydrogens is 442 g/mol. The maximum absolute atomic E-state index is 12.4. The molecule has 0 fully saturated rings. The van der Waals surface area contributed by atoms with E-state index in [9.17, 15) is 14.1 Å². The van der Waals surface area contributed by atoms with E-state index in [1.165, 1.54) is 11.3 Å². The predicted molar refractivity (Wildman–Crippen MR) is 133 cm³/mol. The molecule has 0 saturated carbocycles. The zero-order valence-corrected chi connectivity index (χ0v) is 21.0. The second kappa shape index (κ2) is 11.6. The lowest BCUT2D eigenvalue weighted by molar-refractivity contribution is 0.0824. The molecule has 180 valence electrons. The molecule has 3 rings (SSSR count). The van der Waals surface area contributed by atoms with Crippen LogP contribution in [0.5, 0.6) is 5.75 Å². The monoisotopic (exact) mass is 475 g/mol. The van der Waals surface area contributed by atoms with Crippen LogP contribution >= 0.6 is 0 Å². The third-order valence-corrected chi connectivity index (χ3v) is 5.27. The fourth-order valence-electron chi connectivity index (χ4n) is 2.84. The Morgan fingerprint density at radius 1 is 1.21 bits per heavy atom. The standard InChI is InChI=1S/C20H25N5O4S.C3H8/c1-11(2)13-8-14(29-10-13)9-21-18-19(24-30(28)23-18)22-15-7-6-12(3)16(17(15)26)20(27)25(4)5;1-3-2/h6-8,10-11,26H,9H2,1-5H3,(H,21,23)(H,22,24);3H2,1-2H3. The Bertz CT molecular complexity index is 1070. The Kier molecular flexibility index (Phi) is 9.22. The molecule has 1 unspecified atom stereocenters. The van der Waals surface area contributed by atoms with E-state index in [4.69, 9.17) is 4.42 Å². The molecule has 9 nitrogen and oxygen atoms in total. The van der Waals surface area contributed by atoms with Gasteiger partial charge in [-0.15, -0.1) is 8.80 Å². The van der Waals surface area contributed by atoms with Gasteiger partial charge in [0.25, 0.3) is 17.1 Å². The van der Waals surface area contributed by atoms with Gasteiger partial charge in [-0.25, -0.2) is 4.21 Å². The maximum atomic E-state index is 12.4. The van der Waals surface area contributed by atoms with E-state index in [2.05, 4.69) is 47.1 Å². The number of hydrogen-bond donors (Lipinski definition) is 3. The number of aryl methyl sites for hydroxylation is 1. The quantitative estimate of drug-likeness (QED) is 0.560. The molecule has 0 spiro atoms. The number of hydrogen-bond acceptors (Lipinski definition) is 6. The molecule has 3 N–H and O–H groups in total. The zero-order chi connectivity index (χ0) is 24.7. The van der Waals surface area contributed by atoms with Gasteiger partial charge in [-0.3, -0.25) is 4.79 Å². The second-order valence-electron chi connectivity index (χ2n) is 8.15. The first-order valence-electron chi connectivity index (χ1n) is 10.8. The normalized spacial score (nSPS) is 14.8. The summed E-state index contributed by atoms with van der Waals surface area (Å²) in [6.07, 6.45) is 2.96. The van der Waals surface area contributed by atoms with E-state index in [1.807, 2.05) is 6.07 Å². The molecule has 2 aromatic rings. The van der Waals surface area contributed by atoms with Crippen molar-refractivity contribution in [1.29, 1.82) is 0 Å². The summed E-state index contributed by atoms with van der Waals surface area (Å²) in [7, 11) is 3.22. The number of amidine groups is 2. The van der Waals surface area contributed by atoms with E-state index in [0.29, 0.717) is 23.8 Å². The minimum atomic E-state index is -1.79. The summed E-state index contributed by atoms with van der Waals surface area (Å²) in [5.74, 6) is 0.997. The summed E-state index contributed by atoms with van der Waals surface area (Å²) in [6, 6.07) is 5.28. The lowest BCUT2D eigenvalue weighted by Gasteiger charge is -2.17. The van der Waals surface area contributed by atoms with E-state index in [-0.39, 0.29) is 34.6 Å². The predicted octanol–water partition coefficient (Wildman–Crippen LogP) is 4.13. The van der Waals surface area contributed by atoms with Crippen LogP contribution in [0.4, 0.5) is 5.69 Å². The van der Waals surface area contributed by atoms with Crippen molar-refractivity contribution in [2.75, 3.05) is 19.4 Å². The van der Waals surface area contributed by atoms with Crippen molar-refractivity contribution in [2.24, 2.45) is 8.80 Å². The average molecular weight is 476 g/mol. The molecule has 0 bridgehead atoms. The third kappa shape index (κ3) is 6.67. The Morgan fingerprint density at radius 3 is 2.42 bits per heavy atom. The molecule has 1 aliphatic heterocycles. The third-order valence-electron chi connectivity index (χ3n) is 4.59. The van der Waals surface area contributed by atoms with Crippen LogP contribution < -0.4 is 10.6 Å². The van der Waals surface area contributed by atoms with Crippen molar-refractivity contribution < 1.29 is 18.5 Å². The number of benzene rings is 1. The van der Waals surface area contributed by atoms with Crippen molar-refractivity contribution in [1.82, 2.24) is 10.2 Å². The molecule has 1 aliphatic rings. The molecule has 0 radical (unpaired) electrons. The van der Waals surface area contributed by atoms with Crippen LogP contribution in [0.1, 0.15) is 67.3 Å². The SMILES string of the molecule is CCC.Cc1ccc(NC2=NS(=O)N=C2NCc2cc(C(C)C)co2)c(O)c1C(=O)N(C)C. The number of nitrogens with one attached hydrogen (secondary N) is 2. The summed E-state index contributed by atoms with van der Waals surface area (Å²) in [5.41, 5.74) is 2.17. The highest BCUT2D eigenvalue weighted by atomic mass is 32.2. The fourth-order valence-corrected chi connectivity index (χ4v) is 3.48. The molecule has 2 heterocycles. The highest BCUT2D eigenvalue weighted by Gasteiger charge is 2.24. The molecule has 0 aliphatic carbocycles. The number of carbonyl (C=O) groups excluding carboxylic acids is 1. The number of aromatic hydroxyl groups is 1. The van der Waals surface area contributed by atoms with E-state index in [0.717, 1.165) is 5.56 Å². The van der Waals surface area contributed by atoms with Crippen LogP contribution in [-0.4, -0.2) is 45.9 Å². The molecule has 1 atom stereocenters. The van der Waals surface area contributed by atoms with Crippen molar-refractivity contribution in [2.45, 2.75) is 53.5 Å². The number of furan rings is 1. The molecule has 10 heteroatoms. The number of phenols is 1. The van der Waals surface area contributed by atoms with Gasteiger partial charge in [-0.1, -0.05) is 40.2 Å². The largest absolute Gasteiger partial charge is 0.505 e. The topological polar surface area (TPSA) is 120 Å². The number of anilines is 1. The first-order valence-corrected chi connectivity index (χ1v) is 11.9. The highest BCUT2D eigenvalue weighted by molar-refractivity contribution is 7.83. The van der Waals surface area contributed by atoms with Crippen molar-refractivity contribution in [3.63, 3.8) is 0 Å². The minimum Gasteiger partial charge on any atom is -0.505 e. The van der Waals surface area contributed by atoms with Crippen LogP contribution in [0, 0.1) is 6.92 Å². The van der Waals surface area contributed by atoms with Gasteiger partial charge in [0.2, 0.25) is 0 Å². The maximum Gasteiger partial charge on any atom is 0.269 e. The number of phenolic OH excluding ortho intramolecular Hbond substituents is 1. The number of carbonyl (C=O) groups is 1. The first-order chi connectivity index (χ1) is 15.6. The summed E-state index contributed by atoms with van der Waals surface area (Å²) in [5, 5.41) is 16.6. The summed E-state index contributed by atoms with van der Waals surface area (Å²) < 4.78 is 25.3. The zero-order valence-electron chi connectivity index (χ0n) is 20.2. The van der Waals surface area contributed by atoms with Crippen LogP contribution in [0.3, 0.4) is 0 Å². The van der Waals surface area contributed by atoms with Gasteiger partial charge in [-0.2, -0.15) is 0 Å². The lowest BCUT2D eigenvalue weighted by atomic mass is 10.0.